The molecule has 0 aromatic heterocycles. The Balaban J connectivity index is 1.74. The monoisotopic (exact) mass is 288 g/mol. The Labute approximate surface area is 125 Å². The van der Waals surface area contributed by atoms with Crippen LogP contribution < -0.4 is 5.32 Å². The molecule has 0 spiro atoms. The smallest absolute Gasteiger partial charge is 0.295 e. The molecule has 1 amide bonds. The highest BCUT2D eigenvalue weighted by atomic mass is 19.1. The van der Waals surface area contributed by atoms with Gasteiger partial charge in [0.05, 0.1) is 0 Å². The lowest BCUT2D eigenvalue weighted by molar-refractivity contribution is -0.115. The Morgan fingerprint density at radius 2 is 2.10 bits per heavy atom. The van der Waals surface area contributed by atoms with Crippen molar-refractivity contribution < 1.29 is 9.18 Å². The number of rotatable bonds is 4. The molecular formula is C17H21FN2O. The molecule has 2 rings (SSSR count). The molecule has 21 heavy (non-hydrogen) atoms. The maximum Gasteiger partial charge on any atom is 0.295 e. The Bertz CT molecular complexity index is 539. The number of benzene rings is 1. The van der Waals surface area contributed by atoms with Gasteiger partial charge in [-0.05, 0) is 50.8 Å². The highest BCUT2D eigenvalue weighted by Gasteiger charge is 2.20. The largest absolute Gasteiger partial charge is 0.345 e. The van der Waals surface area contributed by atoms with Crippen molar-refractivity contribution in [2.24, 2.45) is 5.92 Å². The van der Waals surface area contributed by atoms with Crippen LogP contribution in [0.2, 0.25) is 0 Å². The number of piperidine rings is 1. The quantitative estimate of drug-likeness (QED) is 0.861. The number of nitrogens with zero attached hydrogens (tertiary/aromatic N) is 1. The van der Waals surface area contributed by atoms with E-state index in [0.717, 1.165) is 31.5 Å². The van der Waals surface area contributed by atoms with Gasteiger partial charge in [0.25, 0.3) is 5.91 Å². The molecule has 0 atom stereocenters. The zero-order valence-corrected chi connectivity index (χ0v) is 12.4. The minimum atomic E-state index is -0.203. The van der Waals surface area contributed by atoms with E-state index in [0.29, 0.717) is 19.0 Å². The van der Waals surface area contributed by atoms with E-state index in [2.05, 4.69) is 22.1 Å². The van der Waals surface area contributed by atoms with Crippen LogP contribution in [0.4, 0.5) is 4.39 Å². The van der Waals surface area contributed by atoms with Gasteiger partial charge in [0.15, 0.2) is 0 Å². The molecule has 4 heteroatoms. The van der Waals surface area contributed by atoms with Crippen molar-refractivity contribution in [1.82, 2.24) is 10.2 Å². The number of hydrogen-bond acceptors (Lipinski definition) is 2. The lowest BCUT2D eigenvalue weighted by Gasteiger charge is -2.32. The van der Waals surface area contributed by atoms with Crippen molar-refractivity contribution in [1.29, 1.82) is 0 Å². The lowest BCUT2D eigenvalue weighted by Crippen LogP contribution is -2.38. The molecule has 1 aliphatic heterocycles. The van der Waals surface area contributed by atoms with E-state index in [-0.39, 0.29) is 11.7 Å². The van der Waals surface area contributed by atoms with Gasteiger partial charge in [-0.3, -0.25) is 9.69 Å². The molecule has 3 nitrogen and oxygen atoms in total. The van der Waals surface area contributed by atoms with Crippen molar-refractivity contribution in [2.75, 3.05) is 19.6 Å². The van der Waals surface area contributed by atoms with Crippen molar-refractivity contribution in [3.63, 3.8) is 0 Å². The maximum absolute atomic E-state index is 13.6. The predicted octanol–water partition coefficient (Wildman–Crippen LogP) is 2.18. The van der Waals surface area contributed by atoms with Gasteiger partial charge in [-0.2, -0.15) is 0 Å². The molecule has 1 aliphatic rings. The third kappa shape index (κ3) is 4.87. The van der Waals surface area contributed by atoms with Gasteiger partial charge < -0.3 is 5.32 Å². The first-order chi connectivity index (χ1) is 10.2. The normalized spacial score (nSPS) is 16.1. The molecule has 1 aromatic rings. The Hall–Kier alpha value is -1.86. The summed E-state index contributed by atoms with van der Waals surface area (Å²) in [6.45, 7) is 4.87. The predicted molar refractivity (Wildman–Crippen MR) is 80.9 cm³/mol. The highest BCUT2D eigenvalue weighted by Crippen LogP contribution is 2.19. The topological polar surface area (TPSA) is 32.3 Å². The molecular weight excluding hydrogens is 267 g/mol. The molecule has 1 saturated heterocycles. The first-order valence-electron chi connectivity index (χ1n) is 7.35. The minimum Gasteiger partial charge on any atom is -0.345 e. The van der Waals surface area contributed by atoms with Crippen LogP contribution in [0.15, 0.2) is 24.3 Å². The average Bonchev–Trinajstić information content (AvgIpc) is 2.49. The SMILES string of the molecule is CC#CC(=O)NCC1CCN(Cc2ccccc2F)CC1. The number of nitrogens with one attached hydrogen (secondary N) is 1. The first-order valence-corrected chi connectivity index (χ1v) is 7.35. The van der Waals surface area contributed by atoms with E-state index in [1.54, 1.807) is 13.0 Å². The van der Waals surface area contributed by atoms with E-state index >= 15 is 0 Å². The van der Waals surface area contributed by atoms with E-state index in [9.17, 15) is 9.18 Å². The van der Waals surface area contributed by atoms with E-state index in [1.807, 2.05) is 12.1 Å². The summed E-state index contributed by atoms with van der Waals surface area (Å²) in [6.07, 6.45) is 2.04. The van der Waals surface area contributed by atoms with E-state index in [1.165, 1.54) is 6.07 Å². The van der Waals surface area contributed by atoms with Gasteiger partial charge in [-0.15, -0.1) is 0 Å². The summed E-state index contributed by atoms with van der Waals surface area (Å²) in [5.74, 6) is 5.22. The van der Waals surface area contributed by atoms with Gasteiger partial charge in [0.2, 0.25) is 0 Å². The first kappa shape index (κ1) is 15.5. The lowest BCUT2D eigenvalue weighted by atomic mass is 9.96. The van der Waals surface area contributed by atoms with Crippen molar-refractivity contribution >= 4 is 5.91 Å². The number of hydrogen-bond donors (Lipinski definition) is 1. The van der Waals surface area contributed by atoms with Gasteiger partial charge in [-0.25, -0.2) is 4.39 Å². The second kappa shape index (κ2) is 7.80. The number of likely N-dealkylation sites (tertiary alicyclic amines) is 1. The molecule has 1 N–H and O–H groups in total. The zero-order chi connectivity index (χ0) is 15.1. The van der Waals surface area contributed by atoms with Crippen LogP contribution in [-0.2, 0) is 11.3 Å². The molecule has 0 unspecified atom stereocenters. The van der Waals surface area contributed by atoms with Crippen LogP contribution in [0.25, 0.3) is 0 Å². The summed E-state index contributed by atoms with van der Waals surface area (Å²) in [7, 11) is 0. The fourth-order valence-electron chi connectivity index (χ4n) is 2.61. The van der Waals surface area contributed by atoms with Crippen LogP contribution in [-0.4, -0.2) is 30.4 Å². The third-order valence-electron chi connectivity index (χ3n) is 3.85. The van der Waals surface area contributed by atoms with Crippen LogP contribution >= 0.6 is 0 Å². The molecule has 1 aromatic carbocycles. The van der Waals surface area contributed by atoms with Gasteiger partial charge in [-0.1, -0.05) is 24.1 Å². The summed E-state index contributed by atoms with van der Waals surface area (Å²) in [6, 6.07) is 6.93. The Morgan fingerprint density at radius 1 is 1.38 bits per heavy atom. The summed E-state index contributed by atoms with van der Waals surface area (Å²) < 4.78 is 13.6. The number of amides is 1. The highest BCUT2D eigenvalue weighted by molar-refractivity contribution is 5.93. The van der Waals surface area contributed by atoms with Crippen LogP contribution in [0, 0.1) is 23.6 Å². The fourth-order valence-corrected chi connectivity index (χ4v) is 2.61. The Morgan fingerprint density at radius 3 is 2.76 bits per heavy atom. The molecule has 1 fully saturated rings. The molecule has 0 bridgehead atoms. The second-order valence-electron chi connectivity index (χ2n) is 5.40. The van der Waals surface area contributed by atoms with Crippen molar-refractivity contribution in [2.45, 2.75) is 26.3 Å². The standard InChI is InChI=1S/C17H21FN2O/c1-2-5-17(21)19-12-14-8-10-20(11-9-14)13-15-6-3-4-7-16(15)18/h3-4,6-7,14H,8-13H2,1H3,(H,19,21). The van der Waals surface area contributed by atoms with Gasteiger partial charge in [0, 0.05) is 18.7 Å². The molecule has 0 aliphatic carbocycles. The summed E-state index contributed by atoms with van der Waals surface area (Å²) in [5, 5.41) is 2.84. The number of halogens is 1. The average molecular weight is 288 g/mol. The maximum atomic E-state index is 13.6. The molecule has 112 valence electrons. The van der Waals surface area contributed by atoms with Crippen molar-refractivity contribution in [3.8, 4) is 11.8 Å². The Kier molecular flexibility index (Phi) is 5.77. The fraction of sp³-hybridized carbons (Fsp3) is 0.471. The molecule has 1 heterocycles. The van der Waals surface area contributed by atoms with Gasteiger partial charge >= 0.3 is 0 Å². The zero-order valence-electron chi connectivity index (χ0n) is 12.4. The molecule has 0 saturated carbocycles. The third-order valence-corrected chi connectivity index (χ3v) is 3.85. The van der Waals surface area contributed by atoms with Crippen LogP contribution in [0.1, 0.15) is 25.3 Å². The van der Waals surface area contributed by atoms with E-state index < -0.39 is 0 Å². The number of carbonyl (C=O) groups is 1. The van der Waals surface area contributed by atoms with Gasteiger partial charge in [0.1, 0.15) is 5.82 Å². The van der Waals surface area contributed by atoms with E-state index in [4.69, 9.17) is 0 Å². The molecule has 0 radical (unpaired) electrons. The summed E-state index contributed by atoms with van der Waals surface area (Å²) in [5.41, 5.74) is 0.752. The second-order valence-corrected chi connectivity index (χ2v) is 5.40. The minimum absolute atomic E-state index is 0.134. The number of carbonyl (C=O) groups excluding carboxylic acids is 1. The van der Waals surface area contributed by atoms with Crippen molar-refractivity contribution in [3.05, 3.63) is 35.6 Å². The van der Waals surface area contributed by atoms with Crippen LogP contribution in [0.3, 0.4) is 0 Å². The summed E-state index contributed by atoms with van der Waals surface area (Å²) in [4.78, 5) is 13.6. The summed E-state index contributed by atoms with van der Waals surface area (Å²) >= 11 is 0. The van der Waals surface area contributed by atoms with Crippen LogP contribution in [0.5, 0.6) is 0 Å².